The molecule has 3 aromatic rings. The fourth-order valence-corrected chi connectivity index (χ4v) is 2.35. The molecular formula is C17H19N5O2. The molecule has 0 bridgehead atoms. The Morgan fingerprint density at radius 1 is 1.25 bits per heavy atom. The summed E-state index contributed by atoms with van der Waals surface area (Å²) < 4.78 is 7.01. The van der Waals surface area contributed by atoms with Crippen molar-refractivity contribution < 1.29 is 9.32 Å². The van der Waals surface area contributed by atoms with Crippen LogP contribution in [0.25, 0.3) is 5.69 Å². The number of benzene rings is 1. The molecule has 0 fully saturated rings. The van der Waals surface area contributed by atoms with E-state index in [0.717, 1.165) is 17.9 Å². The summed E-state index contributed by atoms with van der Waals surface area (Å²) in [5, 5.41) is 14.4. The van der Waals surface area contributed by atoms with E-state index >= 15 is 0 Å². The lowest BCUT2D eigenvalue weighted by atomic mass is 10.1. The average Bonchev–Trinajstić information content (AvgIpc) is 3.24. The molecule has 0 radical (unpaired) electrons. The van der Waals surface area contributed by atoms with Crippen LogP contribution in [0.1, 0.15) is 35.7 Å². The van der Waals surface area contributed by atoms with Crippen molar-refractivity contribution in [1.82, 2.24) is 25.2 Å². The van der Waals surface area contributed by atoms with Gasteiger partial charge in [-0.25, -0.2) is 0 Å². The number of aromatic nitrogens is 4. The van der Waals surface area contributed by atoms with Gasteiger partial charge < -0.3 is 9.84 Å². The summed E-state index contributed by atoms with van der Waals surface area (Å²) in [5.41, 5.74) is 2.11. The fraction of sp³-hybridized carbons (Fsp3) is 0.294. The Labute approximate surface area is 139 Å². The zero-order valence-corrected chi connectivity index (χ0v) is 13.6. The number of rotatable bonds is 6. The van der Waals surface area contributed by atoms with Crippen molar-refractivity contribution in [2.45, 2.75) is 26.8 Å². The van der Waals surface area contributed by atoms with E-state index in [1.54, 1.807) is 29.4 Å². The summed E-state index contributed by atoms with van der Waals surface area (Å²) in [6.45, 7) is 4.57. The van der Waals surface area contributed by atoms with Crippen LogP contribution in [0, 0.1) is 5.92 Å². The maximum atomic E-state index is 12.3. The highest BCUT2D eigenvalue weighted by atomic mass is 16.5. The van der Waals surface area contributed by atoms with E-state index in [9.17, 15) is 4.79 Å². The van der Waals surface area contributed by atoms with Crippen LogP contribution in [0.2, 0.25) is 0 Å². The first kappa shape index (κ1) is 15.9. The highest BCUT2D eigenvalue weighted by Crippen LogP contribution is 2.11. The summed E-state index contributed by atoms with van der Waals surface area (Å²) in [5.74, 6) is 1.17. The quantitative estimate of drug-likeness (QED) is 0.752. The first-order valence-corrected chi connectivity index (χ1v) is 7.79. The van der Waals surface area contributed by atoms with Crippen LogP contribution < -0.4 is 5.32 Å². The third-order valence-corrected chi connectivity index (χ3v) is 3.47. The zero-order chi connectivity index (χ0) is 16.9. The number of carbonyl (C=O) groups is 1. The molecule has 0 spiro atoms. The number of nitrogens with one attached hydrogen (secondary N) is 1. The standard InChI is InChI=1S/C17H19N5O2/c1-12(2)6-16-8-14(21-24-16)9-18-17(23)13-4-3-5-15(7-13)22-10-19-20-11-22/h3-5,7-8,10-12H,6,9H2,1-2H3,(H,18,23). The average molecular weight is 325 g/mol. The maximum Gasteiger partial charge on any atom is 0.251 e. The molecule has 1 N–H and O–H groups in total. The number of carbonyl (C=O) groups excluding carboxylic acids is 1. The van der Waals surface area contributed by atoms with Crippen LogP contribution in [0.3, 0.4) is 0 Å². The van der Waals surface area contributed by atoms with E-state index in [0.29, 0.717) is 23.7 Å². The monoisotopic (exact) mass is 325 g/mol. The molecule has 0 unspecified atom stereocenters. The van der Waals surface area contributed by atoms with Crippen molar-refractivity contribution in [3.05, 3.63) is 60.0 Å². The van der Waals surface area contributed by atoms with Gasteiger partial charge in [0.15, 0.2) is 0 Å². The highest BCUT2D eigenvalue weighted by molar-refractivity contribution is 5.94. The second-order valence-corrected chi connectivity index (χ2v) is 5.98. The lowest BCUT2D eigenvalue weighted by molar-refractivity contribution is 0.0950. The van der Waals surface area contributed by atoms with Crippen LogP contribution in [0.15, 0.2) is 47.5 Å². The third-order valence-electron chi connectivity index (χ3n) is 3.47. The molecule has 2 heterocycles. The molecule has 2 aromatic heterocycles. The van der Waals surface area contributed by atoms with Gasteiger partial charge in [-0.05, 0) is 24.1 Å². The molecule has 3 rings (SSSR count). The molecule has 0 aliphatic rings. The number of nitrogens with zero attached hydrogens (tertiary/aromatic N) is 4. The minimum atomic E-state index is -0.168. The third kappa shape index (κ3) is 3.87. The molecule has 0 atom stereocenters. The van der Waals surface area contributed by atoms with Gasteiger partial charge in [-0.2, -0.15) is 0 Å². The van der Waals surface area contributed by atoms with Gasteiger partial charge >= 0.3 is 0 Å². The molecule has 124 valence electrons. The summed E-state index contributed by atoms with van der Waals surface area (Å²) in [7, 11) is 0. The second-order valence-electron chi connectivity index (χ2n) is 5.98. The van der Waals surface area contributed by atoms with Gasteiger partial charge in [-0.15, -0.1) is 10.2 Å². The lowest BCUT2D eigenvalue weighted by Gasteiger charge is -2.06. The highest BCUT2D eigenvalue weighted by Gasteiger charge is 2.10. The zero-order valence-electron chi connectivity index (χ0n) is 13.6. The van der Waals surface area contributed by atoms with Crippen LogP contribution in [-0.4, -0.2) is 25.8 Å². The summed E-state index contributed by atoms with van der Waals surface area (Å²) in [6.07, 6.45) is 4.01. The van der Waals surface area contributed by atoms with Crippen molar-refractivity contribution in [1.29, 1.82) is 0 Å². The molecule has 7 nitrogen and oxygen atoms in total. The molecule has 0 aliphatic carbocycles. The van der Waals surface area contributed by atoms with E-state index in [4.69, 9.17) is 4.52 Å². The number of hydrogen-bond donors (Lipinski definition) is 1. The fourth-order valence-electron chi connectivity index (χ4n) is 2.35. The smallest absolute Gasteiger partial charge is 0.251 e. The summed E-state index contributed by atoms with van der Waals surface area (Å²) in [4.78, 5) is 12.3. The predicted octanol–water partition coefficient (Wildman–Crippen LogP) is 2.38. The van der Waals surface area contributed by atoms with Gasteiger partial charge in [0.1, 0.15) is 24.1 Å². The first-order chi connectivity index (χ1) is 11.6. The topological polar surface area (TPSA) is 85.8 Å². The van der Waals surface area contributed by atoms with E-state index < -0.39 is 0 Å². The van der Waals surface area contributed by atoms with Crippen molar-refractivity contribution >= 4 is 5.91 Å². The van der Waals surface area contributed by atoms with Gasteiger partial charge in [-0.1, -0.05) is 25.1 Å². The summed E-state index contributed by atoms with van der Waals surface area (Å²) >= 11 is 0. The maximum absolute atomic E-state index is 12.3. The normalized spacial score (nSPS) is 11.0. The molecule has 0 saturated carbocycles. The van der Waals surface area contributed by atoms with E-state index in [1.807, 2.05) is 18.2 Å². The van der Waals surface area contributed by atoms with Crippen molar-refractivity contribution in [2.75, 3.05) is 0 Å². The number of hydrogen-bond acceptors (Lipinski definition) is 5. The van der Waals surface area contributed by atoms with Gasteiger partial charge in [0.25, 0.3) is 5.91 Å². The Bertz CT molecular complexity index is 808. The van der Waals surface area contributed by atoms with Crippen LogP contribution in [0.5, 0.6) is 0 Å². The van der Waals surface area contributed by atoms with Crippen LogP contribution >= 0.6 is 0 Å². The molecule has 1 aromatic carbocycles. The first-order valence-electron chi connectivity index (χ1n) is 7.79. The minimum Gasteiger partial charge on any atom is -0.361 e. The van der Waals surface area contributed by atoms with Gasteiger partial charge in [0.2, 0.25) is 0 Å². The number of amides is 1. The van der Waals surface area contributed by atoms with Gasteiger partial charge in [-0.3, -0.25) is 9.36 Å². The van der Waals surface area contributed by atoms with E-state index in [1.165, 1.54) is 0 Å². The Balaban J connectivity index is 1.63. The van der Waals surface area contributed by atoms with E-state index in [-0.39, 0.29) is 5.91 Å². The molecule has 24 heavy (non-hydrogen) atoms. The molecule has 7 heteroatoms. The summed E-state index contributed by atoms with van der Waals surface area (Å²) in [6, 6.07) is 9.13. The Morgan fingerprint density at radius 2 is 2.04 bits per heavy atom. The van der Waals surface area contributed by atoms with Crippen molar-refractivity contribution in [2.24, 2.45) is 5.92 Å². The molecule has 0 aliphatic heterocycles. The van der Waals surface area contributed by atoms with Crippen molar-refractivity contribution in [3.63, 3.8) is 0 Å². The largest absolute Gasteiger partial charge is 0.361 e. The lowest BCUT2D eigenvalue weighted by Crippen LogP contribution is -2.23. The molecular weight excluding hydrogens is 306 g/mol. The van der Waals surface area contributed by atoms with Crippen LogP contribution in [0.4, 0.5) is 0 Å². The predicted molar refractivity (Wildman–Crippen MR) is 87.6 cm³/mol. The Hall–Kier alpha value is -2.96. The van der Waals surface area contributed by atoms with E-state index in [2.05, 4.69) is 34.5 Å². The molecule has 1 amide bonds. The molecule has 0 saturated heterocycles. The van der Waals surface area contributed by atoms with Crippen LogP contribution in [-0.2, 0) is 13.0 Å². The van der Waals surface area contributed by atoms with Gasteiger partial charge in [0, 0.05) is 23.7 Å². The Morgan fingerprint density at radius 3 is 2.79 bits per heavy atom. The van der Waals surface area contributed by atoms with Crippen molar-refractivity contribution in [3.8, 4) is 5.69 Å². The van der Waals surface area contributed by atoms with Gasteiger partial charge in [0.05, 0.1) is 6.54 Å². The Kier molecular flexibility index (Phi) is 4.69. The second kappa shape index (κ2) is 7.08. The minimum absolute atomic E-state index is 0.168. The SMILES string of the molecule is CC(C)Cc1cc(CNC(=O)c2cccc(-n3cnnc3)c2)no1.